The standard InChI is InChI=1S/C20H18N4O4/c25-19(21-13-6-7-15-16(11-13)28-12-27-15)17-14-5-1-2-10-24(14)18(22-17)20(26)23-8-3-4-9-23/h1-2,5-7,10-11H,3-4,8-9,12H2,(H,21,25). The predicted octanol–water partition coefficient (Wildman–Crippen LogP) is 2.55. The summed E-state index contributed by atoms with van der Waals surface area (Å²) in [5.74, 6) is 0.943. The minimum atomic E-state index is -0.386. The molecule has 0 radical (unpaired) electrons. The Balaban J connectivity index is 1.48. The van der Waals surface area contributed by atoms with Gasteiger partial charge in [-0.05, 0) is 37.1 Å². The van der Waals surface area contributed by atoms with Gasteiger partial charge in [-0.2, -0.15) is 0 Å². The van der Waals surface area contributed by atoms with E-state index in [4.69, 9.17) is 9.47 Å². The number of amides is 2. The zero-order valence-electron chi connectivity index (χ0n) is 15.1. The molecule has 2 aromatic heterocycles. The maximum absolute atomic E-state index is 12.9. The van der Waals surface area contributed by atoms with E-state index in [0.717, 1.165) is 25.9 Å². The van der Waals surface area contributed by atoms with Crippen molar-refractivity contribution in [3.63, 3.8) is 0 Å². The molecular formula is C20H18N4O4. The number of rotatable bonds is 3. The van der Waals surface area contributed by atoms with Crippen LogP contribution in [0.15, 0.2) is 42.6 Å². The number of likely N-dealkylation sites (tertiary alicyclic amines) is 1. The largest absolute Gasteiger partial charge is 0.454 e. The second-order valence-electron chi connectivity index (χ2n) is 6.76. The summed E-state index contributed by atoms with van der Waals surface area (Å²) in [7, 11) is 0. The van der Waals surface area contributed by atoms with E-state index in [1.54, 1.807) is 39.8 Å². The topological polar surface area (TPSA) is 85.2 Å². The average molecular weight is 378 g/mol. The van der Waals surface area contributed by atoms with Crippen LogP contribution in [-0.2, 0) is 0 Å². The number of fused-ring (bicyclic) bond motifs is 2. The normalized spacial score (nSPS) is 15.2. The van der Waals surface area contributed by atoms with Crippen molar-refractivity contribution >= 4 is 23.0 Å². The quantitative estimate of drug-likeness (QED) is 0.757. The Morgan fingerprint density at radius 2 is 1.86 bits per heavy atom. The first kappa shape index (κ1) is 16.6. The first-order valence-electron chi connectivity index (χ1n) is 9.18. The van der Waals surface area contributed by atoms with Crippen molar-refractivity contribution in [3.8, 4) is 11.5 Å². The molecule has 0 aliphatic carbocycles. The fraction of sp³-hybridized carbons (Fsp3) is 0.250. The smallest absolute Gasteiger partial charge is 0.290 e. The van der Waals surface area contributed by atoms with Crippen molar-refractivity contribution in [2.75, 3.05) is 25.2 Å². The van der Waals surface area contributed by atoms with Gasteiger partial charge in [0.25, 0.3) is 11.8 Å². The van der Waals surface area contributed by atoms with Crippen LogP contribution >= 0.6 is 0 Å². The lowest BCUT2D eigenvalue weighted by molar-refractivity contribution is 0.0780. The summed E-state index contributed by atoms with van der Waals surface area (Å²) < 4.78 is 12.3. The minimum Gasteiger partial charge on any atom is -0.454 e. The summed E-state index contributed by atoms with van der Waals surface area (Å²) in [6, 6.07) is 10.6. The Morgan fingerprint density at radius 3 is 2.71 bits per heavy atom. The van der Waals surface area contributed by atoms with Gasteiger partial charge in [0.2, 0.25) is 12.6 Å². The molecule has 1 aromatic carbocycles. The molecule has 2 amide bonds. The number of hydrogen-bond acceptors (Lipinski definition) is 5. The zero-order chi connectivity index (χ0) is 19.1. The molecule has 28 heavy (non-hydrogen) atoms. The molecule has 0 atom stereocenters. The highest BCUT2D eigenvalue weighted by molar-refractivity contribution is 6.09. The lowest BCUT2D eigenvalue weighted by Gasteiger charge is -2.13. The molecule has 0 unspecified atom stereocenters. The molecule has 8 heteroatoms. The third kappa shape index (κ3) is 2.74. The molecule has 1 fully saturated rings. The molecule has 142 valence electrons. The number of nitrogens with one attached hydrogen (secondary N) is 1. The highest BCUT2D eigenvalue weighted by Crippen LogP contribution is 2.34. The van der Waals surface area contributed by atoms with Crippen LogP contribution in [0.1, 0.15) is 33.9 Å². The Labute approximate surface area is 160 Å². The van der Waals surface area contributed by atoms with Crippen LogP contribution in [0.25, 0.3) is 5.52 Å². The van der Waals surface area contributed by atoms with Gasteiger partial charge in [-0.3, -0.25) is 14.0 Å². The summed E-state index contributed by atoms with van der Waals surface area (Å²) in [5.41, 5.74) is 1.36. The number of imidazole rings is 1. The van der Waals surface area contributed by atoms with Crippen molar-refractivity contribution in [1.82, 2.24) is 14.3 Å². The molecular weight excluding hydrogens is 360 g/mol. The van der Waals surface area contributed by atoms with Gasteiger partial charge in [0.1, 0.15) is 0 Å². The fourth-order valence-corrected chi connectivity index (χ4v) is 3.58. The lowest BCUT2D eigenvalue weighted by atomic mass is 10.2. The van der Waals surface area contributed by atoms with E-state index < -0.39 is 0 Å². The third-order valence-electron chi connectivity index (χ3n) is 4.98. The Bertz CT molecular complexity index is 1080. The number of ether oxygens (including phenoxy) is 2. The molecule has 2 aliphatic rings. The zero-order valence-corrected chi connectivity index (χ0v) is 15.1. The third-order valence-corrected chi connectivity index (χ3v) is 4.98. The molecule has 5 rings (SSSR count). The first-order chi connectivity index (χ1) is 13.7. The van der Waals surface area contributed by atoms with E-state index in [0.29, 0.717) is 22.7 Å². The van der Waals surface area contributed by atoms with Crippen molar-refractivity contribution in [2.24, 2.45) is 0 Å². The van der Waals surface area contributed by atoms with Crippen molar-refractivity contribution in [2.45, 2.75) is 12.8 Å². The number of anilines is 1. The first-order valence-corrected chi connectivity index (χ1v) is 9.18. The van der Waals surface area contributed by atoms with Crippen molar-refractivity contribution in [1.29, 1.82) is 0 Å². The van der Waals surface area contributed by atoms with E-state index >= 15 is 0 Å². The van der Waals surface area contributed by atoms with Gasteiger partial charge in [-0.15, -0.1) is 0 Å². The van der Waals surface area contributed by atoms with Crippen LogP contribution in [0.2, 0.25) is 0 Å². The van der Waals surface area contributed by atoms with Crippen LogP contribution in [-0.4, -0.2) is 46.0 Å². The van der Waals surface area contributed by atoms with Crippen LogP contribution in [0.3, 0.4) is 0 Å². The Hall–Kier alpha value is -3.55. The molecule has 8 nitrogen and oxygen atoms in total. The van der Waals surface area contributed by atoms with Gasteiger partial charge in [0, 0.05) is 31.0 Å². The maximum Gasteiger partial charge on any atom is 0.290 e. The van der Waals surface area contributed by atoms with Crippen molar-refractivity contribution in [3.05, 3.63) is 54.1 Å². The number of benzene rings is 1. The molecule has 1 saturated heterocycles. The highest BCUT2D eigenvalue weighted by Gasteiger charge is 2.27. The molecule has 0 spiro atoms. The number of carbonyl (C=O) groups excluding carboxylic acids is 2. The summed E-state index contributed by atoms with van der Waals surface area (Å²) >= 11 is 0. The lowest BCUT2D eigenvalue weighted by Crippen LogP contribution is -2.29. The second kappa shape index (κ2) is 6.56. The summed E-state index contributed by atoms with van der Waals surface area (Å²) in [6.45, 7) is 1.61. The molecule has 2 aliphatic heterocycles. The fourth-order valence-electron chi connectivity index (χ4n) is 3.58. The van der Waals surface area contributed by atoms with Crippen LogP contribution in [0, 0.1) is 0 Å². The minimum absolute atomic E-state index is 0.152. The van der Waals surface area contributed by atoms with E-state index in [9.17, 15) is 9.59 Å². The van der Waals surface area contributed by atoms with E-state index in [1.165, 1.54) is 0 Å². The Kier molecular flexibility index (Phi) is 3.89. The molecule has 3 aromatic rings. The van der Waals surface area contributed by atoms with Gasteiger partial charge < -0.3 is 19.7 Å². The van der Waals surface area contributed by atoms with Gasteiger partial charge in [-0.1, -0.05) is 6.07 Å². The monoisotopic (exact) mass is 378 g/mol. The number of aromatic nitrogens is 2. The number of carbonyl (C=O) groups is 2. The number of nitrogens with zero attached hydrogens (tertiary/aromatic N) is 3. The summed E-state index contributed by atoms with van der Waals surface area (Å²) in [6.07, 6.45) is 3.74. The molecule has 1 N–H and O–H groups in total. The SMILES string of the molecule is O=C(Nc1ccc2c(c1)OCO2)c1nc(C(=O)N2CCCC2)n2ccccc12. The Morgan fingerprint density at radius 1 is 1.04 bits per heavy atom. The average Bonchev–Trinajstić information content (AvgIpc) is 3.46. The van der Waals surface area contributed by atoms with Gasteiger partial charge in [0.15, 0.2) is 17.2 Å². The van der Waals surface area contributed by atoms with E-state index in [2.05, 4.69) is 10.3 Å². The summed E-state index contributed by atoms with van der Waals surface area (Å²) in [4.78, 5) is 32.0. The van der Waals surface area contributed by atoms with Crippen molar-refractivity contribution < 1.29 is 19.1 Å². The number of pyridine rings is 1. The van der Waals surface area contributed by atoms with Gasteiger partial charge in [-0.25, -0.2) is 4.98 Å². The second-order valence-corrected chi connectivity index (χ2v) is 6.76. The van der Waals surface area contributed by atoms with Gasteiger partial charge in [0.05, 0.1) is 5.52 Å². The van der Waals surface area contributed by atoms with Crippen LogP contribution < -0.4 is 14.8 Å². The number of hydrogen-bond donors (Lipinski definition) is 1. The van der Waals surface area contributed by atoms with E-state index in [1.807, 2.05) is 12.1 Å². The van der Waals surface area contributed by atoms with Crippen LogP contribution in [0.5, 0.6) is 11.5 Å². The molecule has 4 heterocycles. The molecule has 0 bridgehead atoms. The van der Waals surface area contributed by atoms with Gasteiger partial charge >= 0.3 is 0 Å². The highest BCUT2D eigenvalue weighted by atomic mass is 16.7. The summed E-state index contributed by atoms with van der Waals surface area (Å²) in [5, 5.41) is 2.83. The molecule has 0 saturated carbocycles. The predicted molar refractivity (Wildman–Crippen MR) is 101 cm³/mol. The van der Waals surface area contributed by atoms with E-state index in [-0.39, 0.29) is 30.1 Å². The maximum atomic E-state index is 12.9. The van der Waals surface area contributed by atoms with Crippen LogP contribution in [0.4, 0.5) is 5.69 Å².